The molecule has 1 unspecified atom stereocenters. The zero-order valence-electron chi connectivity index (χ0n) is 18.3. The van der Waals surface area contributed by atoms with Gasteiger partial charge in [-0.05, 0) is 48.2 Å². The van der Waals surface area contributed by atoms with Crippen molar-refractivity contribution in [2.24, 2.45) is 0 Å². The number of benzene rings is 2. The summed E-state index contributed by atoms with van der Waals surface area (Å²) in [6, 6.07) is 8.37. The molecule has 176 valence electrons. The second kappa shape index (κ2) is 9.57. The maximum atomic E-state index is 14.2. The van der Waals surface area contributed by atoms with Gasteiger partial charge in [-0.2, -0.15) is 4.98 Å². The minimum atomic E-state index is -3.87. The normalized spacial score (nSPS) is 12.5. The fraction of sp³-hybridized carbons (Fsp3) is 0.273. The number of carbonyl (C=O) groups is 1. The third kappa shape index (κ3) is 6.28. The Morgan fingerprint density at radius 3 is 2.21 bits per heavy atom. The number of anilines is 1. The van der Waals surface area contributed by atoms with Gasteiger partial charge < -0.3 is 14.5 Å². The van der Waals surface area contributed by atoms with Crippen molar-refractivity contribution >= 4 is 21.6 Å². The van der Waals surface area contributed by atoms with Gasteiger partial charge in [-0.25, -0.2) is 17.2 Å². The van der Waals surface area contributed by atoms with E-state index in [1.54, 1.807) is 16.9 Å². The second-order valence-corrected chi connectivity index (χ2v) is 9.50. The first kappa shape index (κ1) is 24.2. The molecule has 33 heavy (non-hydrogen) atoms. The fourth-order valence-electron chi connectivity index (χ4n) is 2.91. The lowest BCUT2D eigenvalue weighted by Crippen LogP contribution is -2.27. The second-order valence-electron chi connectivity index (χ2n) is 7.75. The Kier molecular flexibility index (Phi) is 7.01. The molecule has 8 nitrogen and oxygen atoms in total. The lowest BCUT2D eigenvalue weighted by Gasteiger charge is -2.15. The third-order valence-electron chi connectivity index (χ3n) is 4.67. The van der Waals surface area contributed by atoms with Crippen molar-refractivity contribution in [3.05, 3.63) is 71.1 Å². The van der Waals surface area contributed by atoms with E-state index in [1.165, 1.54) is 6.92 Å². The van der Waals surface area contributed by atoms with Crippen LogP contribution in [-0.2, 0) is 10.0 Å². The van der Waals surface area contributed by atoms with Crippen LogP contribution >= 0.6 is 0 Å². The Labute approximate surface area is 190 Å². The molecule has 1 aromatic heterocycles. The van der Waals surface area contributed by atoms with Gasteiger partial charge in [0.15, 0.2) is 17.3 Å². The summed E-state index contributed by atoms with van der Waals surface area (Å²) in [5, 5.41) is 2.54. The molecule has 1 heterocycles. The summed E-state index contributed by atoms with van der Waals surface area (Å²) in [5.74, 6) is -2.04. The zero-order chi connectivity index (χ0) is 24.3. The molecule has 1 amide bonds. The number of amides is 1. The molecule has 0 aliphatic carbocycles. The van der Waals surface area contributed by atoms with Gasteiger partial charge in [0.1, 0.15) is 17.7 Å². The topological polar surface area (TPSA) is 111 Å². The van der Waals surface area contributed by atoms with Gasteiger partial charge in [-0.3, -0.25) is 9.52 Å². The van der Waals surface area contributed by atoms with E-state index in [9.17, 15) is 22.0 Å². The highest BCUT2D eigenvalue weighted by Crippen LogP contribution is 2.26. The van der Waals surface area contributed by atoms with Gasteiger partial charge in [-0.1, -0.05) is 26.0 Å². The van der Waals surface area contributed by atoms with Crippen molar-refractivity contribution in [1.29, 1.82) is 0 Å². The van der Waals surface area contributed by atoms with Crippen LogP contribution in [0.25, 0.3) is 0 Å². The smallest absolute Gasteiger partial charge is 0.399 e. The van der Waals surface area contributed by atoms with Crippen LogP contribution in [-0.4, -0.2) is 25.6 Å². The summed E-state index contributed by atoms with van der Waals surface area (Å²) in [5.41, 5.74) is 0.339. The average Bonchev–Trinajstić information content (AvgIpc) is 3.19. The highest BCUT2D eigenvalue weighted by Gasteiger charge is 2.20. The highest BCUT2D eigenvalue weighted by atomic mass is 32.2. The standard InChI is InChI=1S/C22H23F2N3O5S/c1-12(2)14-5-7-16(8-6-14)32-22-26-19(11-31-22)21(28)25-13(3)15-9-17(23)20(18(24)10-15)27-33(4,29)30/h5-13,27H,1-4H3,(H,25,28). The maximum Gasteiger partial charge on any atom is 0.399 e. The van der Waals surface area contributed by atoms with Gasteiger partial charge >= 0.3 is 6.08 Å². The van der Waals surface area contributed by atoms with Crippen molar-refractivity contribution in [3.63, 3.8) is 0 Å². The Balaban J connectivity index is 1.67. The van der Waals surface area contributed by atoms with E-state index in [2.05, 4.69) is 24.1 Å². The molecule has 3 aromatic rings. The Morgan fingerprint density at radius 2 is 1.67 bits per heavy atom. The Morgan fingerprint density at radius 1 is 1.06 bits per heavy atom. The van der Waals surface area contributed by atoms with Crippen LogP contribution in [0.1, 0.15) is 54.3 Å². The minimum Gasteiger partial charge on any atom is -0.416 e. The number of halogens is 2. The number of hydrogen-bond acceptors (Lipinski definition) is 6. The Hall–Kier alpha value is -3.47. The summed E-state index contributed by atoms with van der Waals surface area (Å²) >= 11 is 0. The van der Waals surface area contributed by atoms with E-state index in [0.717, 1.165) is 30.2 Å². The van der Waals surface area contributed by atoms with E-state index < -0.39 is 39.3 Å². The maximum absolute atomic E-state index is 14.2. The fourth-order valence-corrected chi connectivity index (χ4v) is 3.48. The molecule has 0 spiro atoms. The van der Waals surface area contributed by atoms with Crippen LogP contribution in [0.5, 0.6) is 11.8 Å². The van der Waals surface area contributed by atoms with Crippen molar-refractivity contribution in [2.45, 2.75) is 32.7 Å². The van der Waals surface area contributed by atoms with Crippen LogP contribution in [0.4, 0.5) is 14.5 Å². The summed E-state index contributed by atoms with van der Waals surface area (Å²) in [6.45, 7) is 5.64. The summed E-state index contributed by atoms with van der Waals surface area (Å²) in [4.78, 5) is 16.4. The van der Waals surface area contributed by atoms with E-state index in [1.807, 2.05) is 12.1 Å². The summed E-state index contributed by atoms with van der Waals surface area (Å²) < 4.78 is 63.4. The first-order valence-electron chi connectivity index (χ1n) is 9.94. The number of hydrogen-bond donors (Lipinski definition) is 2. The largest absolute Gasteiger partial charge is 0.416 e. The van der Waals surface area contributed by atoms with Crippen LogP contribution < -0.4 is 14.8 Å². The number of oxazole rings is 1. The zero-order valence-corrected chi connectivity index (χ0v) is 19.2. The lowest BCUT2D eigenvalue weighted by atomic mass is 10.0. The average molecular weight is 480 g/mol. The molecule has 0 saturated carbocycles. The lowest BCUT2D eigenvalue weighted by molar-refractivity contribution is 0.0934. The molecule has 0 aliphatic heterocycles. The van der Waals surface area contributed by atoms with Crippen molar-refractivity contribution < 1.29 is 31.1 Å². The first-order chi connectivity index (χ1) is 15.4. The number of carbonyl (C=O) groups excluding carboxylic acids is 1. The van der Waals surface area contributed by atoms with Gasteiger partial charge in [0.25, 0.3) is 5.91 Å². The summed E-state index contributed by atoms with van der Waals surface area (Å²) in [7, 11) is -3.87. The number of nitrogens with one attached hydrogen (secondary N) is 2. The minimum absolute atomic E-state index is 0.0858. The molecule has 3 rings (SSSR count). The van der Waals surface area contributed by atoms with Crippen molar-refractivity contribution in [3.8, 4) is 11.8 Å². The van der Waals surface area contributed by atoms with E-state index in [-0.39, 0.29) is 17.3 Å². The monoisotopic (exact) mass is 479 g/mol. The molecule has 0 aliphatic rings. The van der Waals surface area contributed by atoms with E-state index in [4.69, 9.17) is 9.15 Å². The van der Waals surface area contributed by atoms with E-state index in [0.29, 0.717) is 11.7 Å². The van der Waals surface area contributed by atoms with Gasteiger partial charge in [0.05, 0.1) is 12.3 Å². The molecule has 0 fully saturated rings. The number of aromatic nitrogens is 1. The van der Waals surface area contributed by atoms with Gasteiger partial charge in [-0.15, -0.1) is 0 Å². The number of sulfonamides is 1. The van der Waals surface area contributed by atoms with Crippen LogP contribution in [0.3, 0.4) is 0 Å². The third-order valence-corrected chi connectivity index (χ3v) is 5.24. The van der Waals surface area contributed by atoms with Crippen LogP contribution in [0, 0.1) is 11.6 Å². The number of ether oxygens (including phenoxy) is 1. The molecule has 2 aromatic carbocycles. The first-order valence-corrected chi connectivity index (χ1v) is 11.8. The molecule has 0 saturated heterocycles. The van der Waals surface area contributed by atoms with Gasteiger partial charge in [0.2, 0.25) is 10.0 Å². The molecule has 11 heteroatoms. The highest BCUT2D eigenvalue weighted by molar-refractivity contribution is 7.92. The predicted molar refractivity (Wildman–Crippen MR) is 118 cm³/mol. The van der Waals surface area contributed by atoms with Crippen LogP contribution in [0.2, 0.25) is 0 Å². The number of nitrogens with zero attached hydrogens (tertiary/aromatic N) is 1. The molecular weight excluding hydrogens is 456 g/mol. The summed E-state index contributed by atoms with van der Waals surface area (Å²) in [6.07, 6.45) is 1.73. The van der Waals surface area contributed by atoms with Crippen molar-refractivity contribution in [2.75, 3.05) is 11.0 Å². The quantitative estimate of drug-likeness (QED) is 0.483. The molecular formula is C22H23F2N3O5S. The predicted octanol–water partition coefficient (Wildman–Crippen LogP) is 4.73. The molecule has 0 bridgehead atoms. The van der Waals surface area contributed by atoms with E-state index >= 15 is 0 Å². The SMILES string of the molecule is CC(C)c1ccc(Oc2nc(C(=O)NC(C)c3cc(F)c(NS(C)(=O)=O)c(F)c3)co2)cc1. The molecule has 2 N–H and O–H groups in total. The van der Waals surface area contributed by atoms with Crippen molar-refractivity contribution in [1.82, 2.24) is 10.3 Å². The number of rotatable bonds is 8. The molecule has 1 atom stereocenters. The Bertz CT molecular complexity index is 1230. The van der Waals surface area contributed by atoms with Crippen LogP contribution in [0.15, 0.2) is 47.1 Å². The van der Waals surface area contributed by atoms with Gasteiger partial charge in [0, 0.05) is 0 Å². The molecule has 0 radical (unpaired) electrons.